The van der Waals surface area contributed by atoms with Gasteiger partial charge in [0.05, 0.1) is 32.5 Å². The zero-order valence-corrected chi connectivity index (χ0v) is 50.2. The third-order valence-corrected chi connectivity index (χ3v) is 15.5. The molecule has 34 nitrogen and oxygen atoms in total. The van der Waals surface area contributed by atoms with Crippen molar-refractivity contribution in [3.8, 4) is 17.2 Å². The van der Waals surface area contributed by atoms with Gasteiger partial charge in [0.2, 0.25) is 5.79 Å². The van der Waals surface area contributed by atoms with E-state index in [-0.39, 0.29) is 28.4 Å². The minimum Gasteiger partial charge on any atom is -0.508 e. The number of aliphatic hydroxyl groups excluding tert-OH is 12. The number of benzene rings is 3. The summed E-state index contributed by atoms with van der Waals surface area (Å²) in [6.07, 6.45) is -45.4. The van der Waals surface area contributed by atoms with Crippen molar-refractivity contribution in [2.45, 2.75) is 161 Å². The second-order valence-corrected chi connectivity index (χ2v) is 22.0. The first kappa shape index (κ1) is 72.9. The van der Waals surface area contributed by atoms with E-state index in [1.54, 1.807) is 6.07 Å². The average molecular weight is 1340 g/mol. The van der Waals surface area contributed by atoms with Crippen LogP contribution in [0.1, 0.15) is 35.3 Å². The Morgan fingerprint density at radius 3 is 1.56 bits per heavy atom. The van der Waals surface area contributed by atoms with Gasteiger partial charge in [-0.25, -0.2) is 14.4 Å². The average Bonchev–Trinajstić information content (AvgIpc) is 1.34. The third kappa shape index (κ3) is 17.4. The maximum atomic E-state index is 14.4. The van der Waals surface area contributed by atoms with Crippen molar-refractivity contribution in [1.29, 1.82) is 0 Å². The summed E-state index contributed by atoms with van der Waals surface area (Å²) in [6.45, 7) is -4.45. The molecule has 5 heterocycles. The van der Waals surface area contributed by atoms with E-state index in [1.807, 2.05) is 0 Å². The Balaban J connectivity index is 1.29. The molecule has 0 radical (unpaired) electrons. The lowest BCUT2D eigenvalue weighted by Crippen LogP contribution is -2.69. The Morgan fingerprint density at radius 1 is 0.500 bits per heavy atom. The lowest BCUT2D eigenvalue weighted by atomic mass is 9.95. The minimum atomic E-state index is -3.00. The summed E-state index contributed by atoms with van der Waals surface area (Å²) in [5.74, 6) is -9.18. The molecule has 518 valence electrons. The zero-order valence-electron chi connectivity index (χ0n) is 50.2. The van der Waals surface area contributed by atoms with Gasteiger partial charge in [0.15, 0.2) is 48.9 Å². The van der Waals surface area contributed by atoms with Gasteiger partial charge >= 0.3 is 29.8 Å². The van der Waals surface area contributed by atoms with E-state index in [0.29, 0.717) is 5.56 Å². The molecule has 14 N–H and O–H groups in total. The van der Waals surface area contributed by atoms with Gasteiger partial charge in [-0.05, 0) is 59.7 Å². The summed E-state index contributed by atoms with van der Waals surface area (Å²) < 4.78 is 89.0. The van der Waals surface area contributed by atoms with Crippen LogP contribution < -0.4 is 4.74 Å². The topological polar surface area (TPSA) is 507 Å². The lowest BCUT2D eigenvalue weighted by Gasteiger charge is -2.51. The van der Waals surface area contributed by atoms with Crippen LogP contribution in [0, 0.1) is 0 Å². The highest BCUT2D eigenvalue weighted by Gasteiger charge is 2.64. The molecule has 5 saturated heterocycles. The van der Waals surface area contributed by atoms with E-state index in [2.05, 4.69) is 0 Å². The second kappa shape index (κ2) is 32.7. The Bertz CT molecular complexity index is 3060. The Labute approximate surface area is 533 Å². The van der Waals surface area contributed by atoms with E-state index in [9.17, 15) is 95.5 Å². The Hall–Kier alpha value is -6.95. The number of aromatic hydroxyl groups is 2. The number of carbonyl (C=O) groups is 5. The maximum Gasteiger partial charge on any atom is 0.338 e. The molecule has 3 aromatic carbocycles. The summed E-state index contributed by atoms with van der Waals surface area (Å²) in [5.41, 5.74) is 0.420. The van der Waals surface area contributed by atoms with Crippen molar-refractivity contribution in [2.24, 2.45) is 0 Å². The highest BCUT2D eigenvalue weighted by molar-refractivity contribution is 5.90. The SMILES string of the molecule is COc1cc(C=CC(=O)O[C@H]2[C@H](O[C@@H]3O[C@H](COC(C)=O)[C@@H](O[C@@H]4O[C@H](CO)[C@@H](O)[C@H](O)[C@H]4O)[C@H](O)[C@H]3O)[C@@H](O[C@@H]3O[C@H](CO)[C@@H](O)[C@H](O)[C@H]3O)[C@@H](O[C@]3(COC(=O)C=Cc4ccc(O)cc4)O[C@H](CO)[C@@H](O)[C@@H]3OC(=O)c3ccccc3)O[C@@H]2COC(C)=O)ccc1O. The van der Waals surface area contributed by atoms with Gasteiger partial charge < -0.3 is 143 Å². The normalized spacial score (nSPS) is 36.0. The molecule has 0 aliphatic carbocycles. The van der Waals surface area contributed by atoms with Crippen LogP contribution in [0.25, 0.3) is 12.2 Å². The first-order valence-corrected chi connectivity index (χ1v) is 29.1. The van der Waals surface area contributed by atoms with E-state index >= 15 is 0 Å². The standard InChI is InChI=1S/C60H74O34/c1-26(64)81-23-37-50(89-56-47(76)44(73)41(70)34(20-61)84-56)46(75)49(78)58(86-37)90-52-51(88-40(69)18-13-29-11-16-32(67)33(19-29)80-3)38(24-82-27(2)65)87-59(53(52)91-57-48(77)45(74)42(71)35(21-62)85-57)94-60(25-83-39(68)17-12-28-9-14-31(66)15-10-28)54(43(72)36(22-63)93-60)92-55(79)30-7-5-4-6-8-30/h4-19,34-38,41-54,56-59,61-63,66-67,70-78H,20-25H2,1-3H3/t34-,35-,36-,37-,38-,41-,42-,43-,44+,45+,46-,47-,48-,49-,50-,51-,52+,53-,54+,56+,57+,58+,59-,60+/m1/s1. The van der Waals surface area contributed by atoms with E-state index < -0.39 is 216 Å². The molecule has 5 aliphatic rings. The molecule has 8 rings (SSSR count). The number of rotatable bonds is 25. The number of carbonyl (C=O) groups excluding carboxylic acids is 5. The highest BCUT2D eigenvalue weighted by Crippen LogP contribution is 2.43. The van der Waals surface area contributed by atoms with Crippen LogP contribution in [0.4, 0.5) is 0 Å². The van der Waals surface area contributed by atoms with E-state index in [1.165, 1.54) is 86.0 Å². The quantitative estimate of drug-likeness (QED) is 0.0215. The Morgan fingerprint density at radius 2 is 1.00 bits per heavy atom. The summed E-state index contributed by atoms with van der Waals surface area (Å²) in [4.78, 5) is 67.5. The smallest absolute Gasteiger partial charge is 0.338 e. The molecule has 94 heavy (non-hydrogen) atoms. The van der Waals surface area contributed by atoms with Crippen LogP contribution in [0.2, 0.25) is 0 Å². The van der Waals surface area contributed by atoms with E-state index in [4.69, 9.17) is 71.1 Å². The molecular formula is C60H74O34. The van der Waals surface area contributed by atoms with E-state index in [0.717, 1.165) is 26.0 Å². The Kier molecular flexibility index (Phi) is 25.3. The van der Waals surface area contributed by atoms with Crippen LogP contribution in [0.3, 0.4) is 0 Å². The largest absolute Gasteiger partial charge is 0.508 e. The summed E-state index contributed by atoms with van der Waals surface area (Å²) in [5, 5.41) is 153. The molecule has 0 aromatic heterocycles. The van der Waals surface area contributed by atoms with Gasteiger partial charge in [0.25, 0.3) is 0 Å². The molecule has 0 amide bonds. The fourth-order valence-corrected chi connectivity index (χ4v) is 10.5. The van der Waals surface area contributed by atoms with Gasteiger partial charge in [-0.3, -0.25) is 9.59 Å². The van der Waals surface area contributed by atoms with Gasteiger partial charge in [0.1, 0.15) is 129 Å². The first-order valence-electron chi connectivity index (χ1n) is 29.1. The number of aliphatic hydroxyl groups is 12. The molecule has 3 aromatic rings. The number of ether oxygens (including phenoxy) is 15. The third-order valence-electron chi connectivity index (χ3n) is 15.5. The number of esters is 5. The monoisotopic (exact) mass is 1340 g/mol. The number of phenolic OH excluding ortho intramolecular Hbond substituents is 2. The predicted octanol–water partition coefficient (Wildman–Crippen LogP) is -4.97. The van der Waals surface area contributed by atoms with Crippen LogP contribution in [-0.4, -0.2) is 295 Å². The summed E-state index contributed by atoms with van der Waals surface area (Å²) >= 11 is 0. The van der Waals surface area contributed by atoms with Crippen LogP contribution in [0.5, 0.6) is 17.2 Å². The first-order chi connectivity index (χ1) is 44.8. The van der Waals surface area contributed by atoms with Crippen molar-refractivity contribution >= 4 is 42.0 Å². The predicted molar refractivity (Wildman–Crippen MR) is 304 cm³/mol. The van der Waals surface area contributed by atoms with Crippen LogP contribution in [0.15, 0.2) is 84.9 Å². The number of hydrogen-bond acceptors (Lipinski definition) is 34. The fourth-order valence-electron chi connectivity index (χ4n) is 10.5. The van der Waals surface area contributed by atoms with Crippen LogP contribution >= 0.6 is 0 Å². The summed E-state index contributed by atoms with van der Waals surface area (Å²) in [6, 6.07) is 16.4. The van der Waals surface area contributed by atoms with Crippen LogP contribution in [-0.2, 0) is 85.5 Å². The van der Waals surface area contributed by atoms with Gasteiger partial charge in [-0.2, -0.15) is 0 Å². The number of methoxy groups -OCH3 is 1. The van der Waals surface area contributed by atoms with Crippen molar-refractivity contribution in [2.75, 3.05) is 46.8 Å². The second-order valence-electron chi connectivity index (χ2n) is 22.0. The zero-order chi connectivity index (χ0) is 68.3. The molecule has 0 spiro atoms. The van der Waals surface area contributed by atoms with Crippen molar-refractivity contribution in [3.63, 3.8) is 0 Å². The fraction of sp³-hybridized carbons (Fsp3) is 0.550. The highest BCUT2D eigenvalue weighted by atomic mass is 16.8. The molecule has 5 fully saturated rings. The minimum absolute atomic E-state index is 0.0365. The van der Waals surface area contributed by atoms with Crippen molar-refractivity contribution in [1.82, 2.24) is 0 Å². The molecule has 34 heteroatoms. The van der Waals surface area contributed by atoms with Crippen molar-refractivity contribution < 1.29 is 167 Å². The van der Waals surface area contributed by atoms with Gasteiger partial charge in [-0.1, -0.05) is 36.4 Å². The molecule has 0 unspecified atom stereocenters. The number of hydrogen-bond donors (Lipinski definition) is 14. The molecule has 24 atom stereocenters. The lowest BCUT2D eigenvalue weighted by molar-refractivity contribution is -0.423. The molecule has 5 aliphatic heterocycles. The van der Waals surface area contributed by atoms with Gasteiger partial charge in [-0.15, -0.1) is 0 Å². The van der Waals surface area contributed by atoms with Gasteiger partial charge in [0, 0.05) is 26.0 Å². The molecule has 0 bridgehead atoms. The summed E-state index contributed by atoms with van der Waals surface area (Å²) in [7, 11) is 1.25. The van der Waals surface area contributed by atoms with Crippen molar-refractivity contribution in [3.05, 3.63) is 102 Å². The maximum absolute atomic E-state index is 14.4. The number of phenols is 2. The molecular weight excluding hydrogens is 1260 g/mol. The molecule has 0 saturated carbocycles.